The molecule has 0 radical (unpaired) electrons. The summed E-state index contributed by atoms with van der Waals surface area (Å²) in [6, 6.07) is 6.99. The lowest BCUT2D eigenvalue weighted by atomic mass is 10.0. The number of hydrogen-bond acceptors (Lipinski definition) is 3. The second-order valence-corrected chi connectivity index (χ2v) is 8.62. The van der Waals surface area contributed by atoms with Gasteiger partial charge in [0.05, 0.1) is 11.4 Å². The molecule has 132 valence electrons. The SMILES string of the molecule is CC1CCCN(C(N)=NCc2ccc(S(=O)(=O)NC3CC3)cc2)C1. The fourth-order valence-corrected chi connectivity index (χ4v) is 4.24. The Bertz CT molecular complexity index is 696. The third kappa shape index (κ3) is 4.48. The molecule has 1 saturated heterocycles. The Morgan fingerprint density at radius 3 is 2.62 bits per heavy atom. The normalized spacial score (nSPS) is 22.6. The summed E-state index contributed by atoms with van der Waals surface area (Å²) in [6.45, 7) is 4.62. The standard InChI is InChI=1S/C17H26N4O2S/c1-13-3-2-10-21(12-13)17(18)19-11-14-4-8-16(9-5-14)24(22,23)20-15-6-7-15/h4-5,8-9,13,15,20H,2-3,6-7,10-12H2,1H3,(H2,18,19). The third-order valence-corrected chi connectivity index (χ3v) is 6.07. The van der Waals surface area contributed by atoms with Gasteiger partial charge in [0.2, 0.25) is 10.0 Å². The highest BCUT2D eigenvalue weighted by atomic mass is 32.2. The molecule has 7 heteroatoms. The van der Waals surface area contributed by atoms with Crippen LogP contribution in [0.15, 0.2) is 34.2 Å². The van der Waals surface area contributed by atoms with Crippen LogP contribution in [0.2, 0.25) is 0 Å². The maximum absolute atomic E-state index is 12.1. The summed E-state index contributed by atoms with van der Waals surface area (Å²) in [4.78, 5) is 6.90. The molecule has 1 aliphatic heterocycles. The first-order chi connectivity index (χ1) is 11.4. The van der Waals surface area contributed by atoms with Gasteiger partial charge in [-0.05, 0) is 49.3 Å². The van der Waals surface area contributed by atoms with Crippen LogP contribution in [0.5, 0.6) is 0 Å². The van der Waals surface area contributed by atoms with Gasteiger partial charge in [0, 0.05) is 19.1 Å². The van der Waals surface area contributed by atoms with Gasteiger partial charge >= 0.3 is 0 Å². The third-order valence-electron chi connectivity index (χ3n) is 4.54. The summed E-state index contributed by atoms with van der Waals surface area (Å²) in [7, 11) is -3.39. The van der Waals surface area contributed by atoms with Crippen LogP contribution in [0.1, 0.15) is 38.2 Å². The minimum Gasteiger partial charge on any atom is -0.370 e. The van der Waals surface area contributed by atoms with Crippen molar-refractivity contribution in [1.82, 2.24) is 9.62 Å². The van der Waals surface area contributed by atoms with E-state index in [1.807, 2.05) is 0 Å². The molecule has 0 amide bonds. The average molecular weight is 350 g/mol. The zero-order chi connectivity index (χ0) is 17.2. The van der Waals surface area contributed by atoms with Crippen molar-refractivity contribution in [3.05, 3.63) is 29.8 Å². The van der Waals surface area contributed by atoms with Crippen molar-refractivity contribution in [3.8, 4) is 0 Å². The first kappa shape index (κ1) is 17.2. The Morgan fingerprint density at radius 1 is 1.29 bits per heavy atom. The Labute approximate surface area is 144 Å². The number of nitrogens with two attached hydrogens (primary N) is 1. The van der Waals surface area contributed by atoms with E-state index < -0.39 is 10.0 Å². The van der Waals surface area contributed by atoms with Crippen LogP contribution < -0.4 is 10.5 Å². The van der Waals surface area contributed by atoms with Gasteiger partial charge in [0.15, 0.2) is 5.96 Å². The number of rotatable bonds is 5. The van der Waals surface area contributed by atoms with Crippen molar-refractivity contribution in [2.45, 2.75) is 50.1 Å². The van der Waals surface area contributed by atoms with E-state index in [-0.39, 0.29) is 6.04 Å². The van der Waals surface area contributed by atoms with Crippen LogP contribution in [0, 0.1) is 5.92 Å². The molecule has 0 aromatic heterocycles. The number of guanidine groups is 1. The predicted molar refractivity (Wildman–Crippen MR) is 95.1 cm³/mol. The van der Waals surface area contributed by atoms with Crippen LogP contribution in [0.3, 0.4) is 0 Å². The minimum absolute atomic E-state index is 0.117. The Balaban J connectivity index is 1.60. The number of aliphatic imine (C=N–C) groups is 1. The van der Waals surface area contributed by atoms with Gasteiger partial charge in [-0.3, -0.25) is 0 Å². The molecule has 1 unspecified atom stereocenters. The molecule has 6 nitrogen and oxygen atoms in total. The van der Waals surface area contributed by atoms with Gasteiger partial charge in [0.25, 0.3) is 0 Å². The van der Waals surface area contributed by atoms with Crippen molar-refractivity contribution < 1.29 is 8.42 Å². The van der Waals surface area contributed by atoms with Crippen molar-refractivity contribution in [2.75, 3.05) is 13.1 Å². The molecule has 3 N–H and O–H groups in total. The van der Waals surface area contributed by atoms with E-state index >= 15 is 0 Å². The molecule has 24 heavy (non-hydrogen) atoms. The smallest absolute Gasteiger partial charge is 0.240 e. The molecule has 1 atom stereocenters. The lowest BCUT2D eigenvalue weighted by Gasteiger charge is -2.31. The fourth-order valence-electron chi connectivity index (χ4n) is 2.93. The van der Waals surface area contributed by atoms with Gasteiger partial charge in [-0.2, -0.15) is 0 Å². The molecule has 1 aromatic carbocycles. The quantitative estimate of drug-likeness (QED) is 0.625. The molecular weight excluding hydrogens is 324 g/mol. The zero-order valence-electron chi connectivity index (χ0n) is 14.1. The van der Waals surface area contributed by atoms with Gasteiger partial charge in [0.1, 0.15) is 0 Å². The van der Waals surface area contributed by atoms with Crippen molar-refractivity contribution in [3.63, 3.8) is 0 Å². The van der Waals surface area contributed by atoms with Crippen molar-refractivity contribution in [2.24, 2.45) is 16.6 Å². The number of nitrogens with one attached hydrogen (secondary N) is 1. The molecule has 1 saturated carbocycles. The Morgan fingerprint density at radius 2 is 2.00 bits per heavy atom. The van der Waals surface area contributed by atoms with E-state index in [0.29, 0.717) is 23.3 Å². The summed E-state index contributed by atoms with van der Waals surface area (Å²) >= 11 is 0. The van der Waals surface area contributed by atoms with Crippen LogP contribution >= 0.6 is 0 Å². The number of sulfonamides is 1. The molecule has 0 bridgehead atoms. The number of hydrogen-bond donors (Lipinski definition) is 2. The average Bonchev–Trinajstić information content (AvgIpc) is 3.36. The molecule has 2 aliphatic rings. The molecule has 1 heterocycles. The van der Waals surface area contributed by atoms with E-state index in [1.165, 1.54) is 6.42 Å². The maximum atomic E-state index is 12.1. The highest BCUT2D eigenvalue weighted by Gasteiger charge is 2.27. The van der Waals surface area contributed by atoms with Crippen LogP contribution in [-0.2, 0) is 16.6 Å². The summed E-state index contributed by atoms with van der Waals surface area (Å²) in [5.41, 5.74) is 7.04. The second-order valence-electron chi connectivity index (χ2n) is 6.91. The topological polar surface area (TPSA) is 87.8 Å². The van der Waals surface area contributed by atoms with E-state index in [9.17, 15) is 8.42 Å². The maximum Gasteiger partial charge on any atom is 0.240 e. The number of nitrogens with zero attached hydrogens (tertiary/aromatic N) is 2. The second kappa shape index (κ2) is 7.11. The minimum atomic E-state index is -3.39. The van der Waals surface area contributed by atoms with Crippen molar-refractivity contribution >= 4 is 16.0 Å². The molecular formula is C17H26N4O2S. The molecule has 2 fully saturated rings. The van der Waals surface area contributed by atoms with Gasteiger partial charge in [-0.25, -0.2) is 18.1 Å². The predicted octanol–water partition coefficient (Wildman–Crippen LogP) is 1.67. The summed E-state index contributed by atoms with van der Waals surface area (Å²) in [6.07, 6.45) is 4.26. The highest BCUT2D eigenvalue weighted by Crippen LogP contribution is 2.22. The number of benzene rings is 1. The molecule has 0 spiro atoms. The zero-order valence-corrected chi connectivity index (χ0v) is 14.9. The Hall–Kier alpha value is -1.60. The summed E-state index contributed by atoms with van der Waals surface area (Å²) in [5, 5.41) is 0. The summed E-state index contributed by atoms with van der Waals surface area (Å²) in [5.74, 6) is 1.23. The van der Waals surface area contributed by atoms with Gasteiger partial charge in [-0.1, -0.05) is 19.1 Å². The lowest BCUT2D eigenvalue weighted by Crippen LogP contribution is -2.43. The van der Waals surface area contributed by atoms with Crippen molar-refractivity contribution in [1.29, 1.82) is 0 Å². The van der Waals surface area contributed by atoms with Gasteiger partial charge in [-0.15, -0.1) is 0 Å². The highest BCUT2D eigenvalue weighted by molar-refractivity contribution is 7.89. The van der Waals surface area contributed by atoms with Crippen LogP contribution in [-0.4, -0.2) is 38.4 Å². The molecule has 1 aliphatic carbocycles. The Kier molecular flexibility index (Phi) is 5.10. The van der Waals surface area contributed by atoms with Crippen LogP contribution in [0.25, 0.3) is 0 Å². The van der Waals surface area contributed by atoms with E-state index in [4.69, 9.17) is 5.73 Å². The largest absolute Gasteiger partial charge is 0.370 e. The fraction of sp³-hybridized carbons (Fsp3) is 0.588. The monoisotopic (exact) mass is 350 g/mol. The first-order valence-electron chi connectivity index (χ1n) is 8.60. The summed E-state index contributed by atoms with van der Waals surface area (Å²) < 4.78 is 26.9. The molecule has 1 aromatic rings. The van der Waals surface area contributed by atoms with E-state index in [1.54, 1.807) is 24.3 Å². The van der Waals surface area contributed by atoms with E-state index in [0.717, 1.165) is 37.9 Å². The first-order valence-corrected chi connectivity index (χ1v) is 10.1. The number of piperidine rings is 1. The van der Waals surface area contributed by atoms with Crippen LogP contribution in [0.4, 0.5) is 0 Å². The molecule has 3 rings (SSSR count). The van der Waals surface area contributed by atoms with E-state index in [2.05, 4.69) is 21.5 Å². The van der Waals surface area contributed by atoms with Gasteiger partial charge < -0.3 is 10.6 Å². The lowest BCUT2D eigenvalue weighted by molar-refractivity contribution is 0.270. The number of likely N-dealkylation sites (tertiary alicyclic amines) is 1.